The molecule has 0 unspecified atom stereocenters. The molecule has 0 atom stereocenters. The lowest BCUT2D eigenvalue weighted by Gasteiger charge is -2.14. The first-order valence-electron chi connectivity index (χ1n) is 7.97. The van der Waals surface area contributed by atoms with Gasteiger partial charge in [-0.2, -0.15) is 11.8 Å². The minimum Gasteiger partial charge on any atom is -0.369 e. The predicted molar refractivity (Wildman–Crippen MR) is 97.5 cm³/mol. The van der Waals surface area contributed by atoms with E-state index in [1.165, 1.54) is 25.0 Å². The maximum absolute atomic E-state index is 10.8. The number of rotatable bonds is 7. The van der Waals surface area contributed by atoms with Crippen molar-refractivity contribution in [2.45, 2.75) is 30.9 Å². The fraction of sp³-hybridized carbons (Fsp3) is 0.412. The minimum atomic E-state index is -0.405. The summed E-state index contributed by atoms with van der Waals surface area (Å²) in [7, 11) is 0. The van der Waals surface area contributed by atoms with Crippen molar-refractivity contribution in [3.05, 3.63) is 46.1 Å². The molecule has 24 heavy (non-hydrogen) atoms. The standard InChI is InChI=1S/C17H20N4O2S/c1-3-13-10-15(18-11-17(24-2)8-9-17)20-16(19-13)12-4-6-14(7-5-12)21(22)23/h4-7,10H,3,8-9,11H2,1-2H3,(H,18,19,20). The molecule has 0 radical (unpaired) electrons. The zero-order valence-electron chi connectivity index (χ0n) is 13.8. The van der Waals surface area contributed by atoms with Crippen LogP contribution in [0.25, 0.3) is 11.4 Å². The van der Waals surface area contributed by atoms with Gasteiger partial charge in [-0.25, -0.2) is 9.97 Å². The lowest BCUT2D eigenvalue weighted by Crippen LogP contribution is -2.18. The molecule has 1 aliphatic rings. The Morgan fingerprint density at radius 2 is 2.00 bits per heavy atom. The van der Waals surface area contributed by atoms with Crippen LogP contribution in [-0.2, 0) is 6.42 Å². The van der Waals surface area contributed by atoms with E-state index >= 15 is 0 Å². The third-order valence-corrected chi connectivity index (χ3v) is 5.73. The Bertz CT molecular complexity index is 745. The second-order valence-corrected chi connectivity index (χ2v) is 7.24. The average molecular weight is 344 g/mol. The number of nitrogens with zero attached hydrogens (tertiary/aromatic N) is 3. The summed E-state index contributed by atoms with van der Waals surface area (Å²) < 4.78 is 0.352. The van der Waals surface area contributed by atoms with Gasteiger partial charge in [0.2, 0.25) is 0 Å². The van der Waals surface area contributed by atoms with Crippen molar-refractivity contribution in [2.24, 2.45) is 0 Å². The number of aryl methyl sites for hydroxylation is 1. The molecule has 2 aromatic rings. The average Bonchev–Trinajstić information content (AvgIpc) is 3.40. The van der Waals surface area contributed by atoms with Crippen LogP contribution in [0.2, 0.25) is 0 Å². The van der Waals surface area contributed by atoms with Gasteiger partial charge in [0.15, 0.2) is 5.82 Å². The summed E-state index contributed by atoms with van der Waals surface area (Å²) in [5, 5.41) is 14.2. The second-order valence-electron chi connectivity index (χ2n) is 5.97. The van der Waals surface area contributed by atoms with Crippen LogP contribution in [-0.4, -0.2) is 32.4 Å². The van der Waals surface area contributed by atoms with Gasteiger partial charge in [-0.15, -0.1) is 0 Å². The summed E-state index contributed by atoms with van der Waals surface area (Å²) >= 11 is 1.90. The highest BCUT2D eigenvalue weighted by Crippen LogP contribution is 2.47. The molecule has 126 valence electrons. The van der Waals surface area contributed by atoms with E-state index in [1.807, 2.05) is 17.8 Å². The van der Waals surface area contributed by atoms with Crippen molar-refractivity contribution in [1.82, 2.24) is 9.97 Å². The van der Waals surface area contributed by atoms with Crippen molar-refractivity contribution in [1.29, 1.82) is 0 Å². The van der Waals surface area contributed by atoms with Gasteiger partial charge in [-0.3, -0.25) is 10.1 Å². The number of nitro benzene ring substituents is 1. The highest BCUT2D eigenvalue weighted by molar-refractivity contribution is 8.00. The number of anilines is 1. The zero-order chi connectivity index (χ0) is 17.2. The minimum absolute atomic E-state index is 0.0689. The van der Waals surface area contributed by atoms with E-state index in [4.69, 9.17) is 0 Å². The van der Waals surface area contributed by atoms with Crippen molar-refractivity contribution in [3.8, 4) is 11.4 Å². The normalized spacial score (nSPS) is 15.1. The Morgan fingerprint density at radius 1 is 1.29 bits per heavy atom. The van der Waals surface area contributed by atoms with Crippen LogP contribution in [0, 0.1) is 10.1 Å². The van der Waals surface area contributed by atoms with Crippen LogP contribution in [0.5, 0.6) is 0 Å². The van der Waals surface area contributed by atoms with Crippen molar-refractivity contribution >= 4 is 23.3 Å². The number of nitrogens with one attached hydrogen (secondary N) is 1. The number of hydrogen-bond acceptors (Lipinski definition) is 6. The van der Waals surface area contributed by atoms with E-state index in [2.05, 4.69) is 28.5 Å². The molecular weight excluding hydrogens is 324 g/mol. The lowest BCUT2D eigenvalue weighted by molar-refractivity contribution is -0.384. The summed E-state index contributed by atoms with van der Waals surface area (Å²) in [4.78, 5) is 19.5. The Kier molecular flexibility index (Phi) is 4.71. The third kappa shape index (κ3) is 3.67. The summed E-state index contributed by atoms with van der Waals surface area (Å²) in [6.45, 7) is 2.95. The molecule has 1 fully saturated rings. The molecule has 1 aliphatic carbocycles. The van der Waals surface area contributed by atoms with Gasteiger partial charge < -0.3 is 5.32 Å². The van der Waals surface area contributed by atoms with Gasteiger partial charge >= 0.3 is 0 Å². The maximum Gasteiger partial charge on any atom is 0.269 e. The largest absolute Gasteiger partial charge is 0.369 e. The molecule has 1 aromatic carbocycles. The molecule has 0 spiro atoms. The van der Waals surface area contributed by atoms with E-state index in [0.717, 1.165) is 30.0 Å². The van der Waals surface area contributed by atoms with E-state index < -0.39 is 4.92 Å². The predicted octanol–water partition coefficient (Wildman–Crippen LogP) is 3.92. The molecular formula is C17H20N4O2S. The molecule has 1 aromatic heterocycles. The Balaban J connectivity index is 1.84. The quantitative estimate of drug-likeness (QED) is 0.605. The summed E-state index contributed by atoms with van der Waals surface area (Å²) in [6.07, 6.45) is 5.43. The van der Waals surface area contributed by atoms with Crippen LogP contribution < -0.4 is 5.32 Å². The van der Waals surface area contributed by atoms with Gasteiger partial charge in [0, 0.05) is 40.7 Å². The third-order valence-electron chi connectivity index (χ3n) is 4.31. The molecule has 3 rings (SSSR count). The van der Waals surface area contributed by atoms with Gasteiger partial charge in [0.05, 0.1) is 4.92 Å². The molecule has 1 heterocycles. The first-order chi connectivity index (χ1) is 11.5. The molecule has 1 N–H and O–H groups in total. The lowest BCUT2D eigenvalue weighted by atomic mass is 10.2. The Labute approximate surface area is 145 Å². The van der Waals surface area contributed by atoms with E-state index in [1.54, 1.807) is 12.1 Å². The summed E-state index contributed by atoms with van der Waals surface area (Å²) in [6, 6.07) is 8.34. The molecule has 6 nitrogen and oxygen atoms in total. The number of hydrogen-bond donors (Lipinski definition) is 1. The molecule has 0 amide bonds. The molecule has 0 bridgehead atoms. The van der Waals surface area contributed by atoms with Gasteiger partial charge in [-0.05, 0) is 37.7 Å². The highest BCUT2D eigenvalue weighted by atomic mass is 32.2. The van der Waals surface area contributed by atoms with E-state index in [0.29, 0.717) is 10.6 Å². The van der Waals surface area contributed by atoms with Crippen molar-refractivity contribution < 1.29 is 4.92 Å². The Hall–Kier alpha value is -2.15. The topological polar surface area (TPSA) is 81.0 Å². The van der Waals surface area contributed by atoms with Gasteiger partial charge in [0.1, 0.15) is 5.82 Å². The molecule has 1 saturated carbocycles. The number of nitro groups is 1. The Morgan fingerprint density at radius 3 is 2.54 bits per heavy atom. The fourth-order valence-corrected chi connectivity index (χ4v) is 3.20. The molecule has 7 heteroatoms. The van der Waals surface area contributed by atoms with Gasteiger partial charge in [0.25, 0.3) is 5.69 Å². The maximum atomic E-state index is 10.8. The SMILES string of the molecule is CCc1cc(NCC2(SC)CC2)nc(-c2ccc([N+](=O)[O-])cc2)n1. The number of benzene rings is 1. The van der Waals surface area contributed by atoms with Gasteiger partial charge in [-0.1, -0.05) is 6.92 Å². The van der Waals surface area contributed by atoms with E-state index in [-0.39, 0.29) is 5.69 Å². The molecule has 0 aliphatic heterocycles. The monoisotopic (exact) mass is 344 g/mol. The van der Waals surface area contributed by atoms with Crippen LogP contribution in [0.1, 0.15) is 25.5 Å². The van der Waals surface area contributed by atoms with Crippen LogP contribution in [0.4, 0.5) is 11.5 Å². The van der Waals surface area contributed by atoms with E-state index in [9.17, 15) is 10.1 Å². The van der Waals surface area contributed by atoms with Crippen LogP contribution in [0.3, 0.4) is 0 Å². The first-order valence-corrected chi connectivity index (χ1v) is 9.19. The first kappa shape index (κ1) is 16.7. The fourth-order valence-electron chi connectivity index (χ4n) is 2.47. The van der Waals surface area contributed by atoms with Crippen LogP contribution >= 0.6 is 11.8 Å². The second kappa shape index (κ2) is 6.76. The van der Waals surface area contributed by atoms with Crippen molar-refractivity contribution in [2.75, 3.05) is 18.1 Å². The zero-order valence-corrected chi connectivity index (χ0v) is 14.6. The number of non-ortho nitro benzene ring substituents is 1. The number of aromatic nitrogens is 2. The number of thioether (sulfide) groups is 1. The summed E-state index contributed by atoms with van der Waals surface area (Å²) in [5.41, 5.74) is 1.80. The van der Waals surface area contributed by atoms with Crippen LogP contribution in [0.15, 0.2) is 30.3 Å². The van der Waals surface area contributed by atoms with Crippen molar-refractivity contribution in [3.63, 3.8) is 0 Å². The smallest absolute Gasteiger partial charge is 0.269 e. The molecule has 0 saturated heterocycles. The highest BCUT2D eigenvalue weighted by Gasteiger charge is 2.41. The summed E-state index contributed by atoms with van der Waals surface area (Å²) in [5.74, 6) is 1.41.